The van der Waals surface area contributed by atoms with Gasteiger partial charge in [0.25, 0.3) is 0 Å². The normalized spacial score (nSPS) is 19.8. The summed E-state index contributed by atoms with van der Waals surface area (Å²) in [5, 5.41) is 4.46. The third-order valence-corrected chi connectivity index (χ3v) is 5.38. The summed E-state index contributed by atoms with van der Waals surface area (Å²) in [7, 11) is -2.78. The zero-order valence-electron chi connectivity index (χ0n) is 10.9. The maximum absolute atomic E-state index is 11.4. The molecule has 5 nitrogen and oxygen atoms in total. The minimum absolute atomic E-state index is 0.310. The Balaban J connectivity index is 1.75. The lowest BCUT2D eigenvalue weighted by Crippen LogP contribution is -2.24. The molecular weight excluding hydrogens is 262 g/mol. The van der Waals surface area contributed by atoms with Gasteiger partial charge in [0.1, 0.15) is 9.84 Å². The van der Waals surface area contributed by atoms with Crippen LogP contribution in [0.5, 0.6) is 0 Å². The van der Waals surface area contributed by atoms with Gasteiger partial charge in [-0.25, -0.2) is 17.9 Å². The second-order valence-corrected chi connectivity index (χ2v) is 7.64. The molecule has 19 heavy (non-hydrogen) atoms. The fourth-order valence-corrected chi connectivity index (χ4v) is 4.11. The average Bonchev–Trinajstić information content (AvgIpc) is 2.73. The fraction of sp³-hybridized carbons (Fsp3) is 0.538. The van der Waals surface area contributed by atoms with Gasteiger partial charge in [-0.2, -0.15) is 5.10 Å². The van der Waals surface area contributed by atoms with E-state index >= 15 is 0 Å². The molecule has 2 aromatic rings. The summed E-state index contributed by atoms with van der Waals surface area (Å²) in [6, 6.07) is 3.97. The van der Waals surface area contributed by atoms with Crippen LogP contribution >= 0.6 is 0 Å². The minimum Gasteiger partial charge on any atom is -0.229 e. The lowest BCUT2D eigenvalue weighted by atomic mass is 9.99. The standard InChI is InChI=1S/C13H17N3O2S/c1-10-2-3-13-14-12(15-16(13)9-10)8-11-4-6-19(17,18)7-5-11/h2-3,9,11H,4-8H2,1H3. The highest BCUT2D eigenvalue weighted by atomic mass is 32.2. The average molecular weight is 279 g/mol. The Morgan fingerprint density at radius 3 is 2.79 bits per heavy atom. The maximum atomic E-state index is 11.4. The largest absolute Gasteiger partial charge is 0.229 e. The van der Waals surface area contributed by atoms with Gasteiger partial charge in [-0.05, 0) is 37.3 Å². The quantitative estimate of drug-likeness (QED) is 0.833. The van der Waals surface area contributed by atoms with Crippen LogP contribution in [0.25, 0.3) is 5.65 Å². The van der Waals surface area contributed by atoms with E-state index in [-0.39, 0.29) is 0 Å². The number of aromatic nitrogens is 3. The molecule has 0 aromatic carbocycles. The Morgan fingerprint density at radius 1 is 1.32 bits per heavy atom. The topological polar surface area (TPSA) is 64.3 Å². The number of pyridine rings is 1. The van der Waals surface area contributed by atoms with Crippen LogP contribution in [0.2, 0.25) is 0 Å². The van der Waals surface area contributed by atoms with E-state index in [2.05, 4.69) is 10.1 Å². The first-order valence-electron chi connectivity index (χ1n) is 6.54. The van der Waals surface area contributed by atoms with Crippen LogP contribution in [-0.4, -0.2) is 34.5 Å². The molecule has 0 unspecified atom stereocenters. The molecule has 0 N–H and O–H groups in total. The van der Waals surface area contributed by atoms with Crippen LogP contribution in [0.4, 0.5) is 0 Å². The number of fused-ring (bicyclic) bond motifs is 1. The molecule has 0 saturated carbocycles. The summed E-state index contributed by atoms with van der Waals surface area (Å²) in [5.74, 6) is 1.82. The molecule has 0 bridgehead atoms. The van der Waals surface area contributed by atoms with Crippen LogP contribution in [0.3, 0.4) is 0 Å². The fourth-order valence-electron chi connectivity index (χ4n) is 2.52. The van der Waals surface area contributed by atoms with Crippen molar-refractivity contribution in [2.75, 3.05) is 11.5 Å². The van der Waals surface area contributed by atoms with Crippen molar-refractivity contribution < 1.29 is 8.42 Å². The van der Waals surface area contributed by atoms with Crippen molar-refractivity contribution in [1.29, 1.82) is 0 Å². The van der Waals surface area contributed by atoms with E-state index in [1.54, 1.807) is 4.52 Å². The molecule has 0 radical (unpaired) electrons. The molecule has 1 saturated heterocycles. The zero-order valence-corrected chi connectivity index (χ0v) is 11.7. The van der Waals surface area contributed by atoms with Gasteiger partial charge in [-0.15, -0.1) is 0 Å². The van der Waals surface area contributed by atoms with Gasteiger partial charge in [0.2, 0.25) is 0 Å². The number of nitrogens with zero attached hydrogens (tertiary/aromatic N) is 3. The maximum Gasteiger partial charge on any atom is 0.155 e. The van der Waals surface area contributed by atoms with Crippen LogP contribution < -0.4 is 0 Å². The van der Waals surface area contributed by atoms with Crippen LogP contribution in [0, 0.1) is 12.8 Å². The molecular formula is C13H17N3O2S. The third-order valence-electron chi connectivity index (χ3n) is 3.67. The second-order valence-electron chi connectivity index (χ2n) is 5.34. The Labute approximate surface area is 112 Å². The number of sulfone groups is 1. The van der Waals surface area contributed by atoms with Crippen molar-refractivity contribution in [3.63, 3.8) is 0 Å². The van der Waals surface area contributed by atoms with E-state index < -0.39 is 9.84 Å². The van der Waals surface area contributed by atoms with E-state index in [1.807, 2.05) is 25.3 Å². The second kappa shape index (κ2) is 4.59. The molecule has 1 aliphatic rings. The van der Waals surface area contributed by atoms with Crippen molar-refractivity contribution in [2.45, 2.75) is 26.2 Å². The van der Waals surface area contributed by atoms with Gasteiger partial charge in [-0.3, -0.25) is 0 Å². The SMILES string of the molecule is Cc1ccc2nc(CC3CCS(=O)(=O)CC3)nn2c1. The number of hydrogen-bond acceptors (Lipinski definition) is 4. The molecule has 1 fully saturated rings. The lowest BCUT2D eigenvalue weighted by Gasteiger charge is -2.20. The summed E-state index contributed by atoms with van der Waals surface area (Å²) in [4.78, 5) is 4.49. The molecule has 1 aliphatic heterocycles. The molecule has 0 spiro atoms. The molecule has 3 rings (SSSR count). The molecule has 0 aliphatic carbocycles. The number of rotatable bonds is 2. The summed E-state index contributed by atoms with van der Waals surface area (Å²) in [5.41, 5.74) is 2.00. The first-order valence-corrected chi connectivity index (χ1v) is 8.36. The summed E-state index contributed by atoms with van der Waals surface area (Å²) in [6.45, 7) is 2.02. The highest BCUT2D eigenvalue weighted by molar-refractivity contribution is 7.91. The third kappa shape index (κ3) is 2.78. The Bertz CT molecular complexity index is 692. The zero-order chi connectivity index (χ0) is 13.5. The monoisotopic (exact) mass is 279 g/mol. The van der Waals surface area contributed by atoms with Gasteiger partial charge in [-0.1, -0.05) is 6.07 Å². The first-order chi connectivity index (χ1) is 9.02. The van der Waals surface area contributed by atoms with Crippen LogP contribution in [0.1, 0.15) is 24.2 Å². The number of aryl methyl sites for hydroxylation is 1. The molecule has 6 heteroatoms. The van der Waals surface area contributed by atoms with Crippen molar-refractivity contribution in [1.82, 2.24) is 14.6 Å². The number of hydrogen-bond donors (Lipinski definition) is 0. The highest BCUT2D eigenvalue weighted by Crippen LogP contribution is 2.22. The Kier molecular flexibility index (Phi) is 3.05. The highest BCUT2D eigenvalue weighted by Gasteiger charge is 2.24. The van der Waals surface area contributed by atoms with Crippen molar-refractivity contribution >= 4 is 15.5 Å². The Morgan fingerprint density at radius 2 is 2.05 bits per heavy atom. The molecule has 102 valence electrons. The molecule has 3 heterocycles. The van der Waals surface area contributed by atoms with E-state index in [1.165, 1.54) is 0 Å². The Hall–Kier alpha value is -1.43. The summed E-state index contributed by atoms with van der Waals surface area (Å²) >= 11 is 0. The van der Waals surface area contributed by atoms with Crippen LogP contribution in [0.15, 0.2) is 18.3 Å². The minimum atomic E-state index is -2.78. The van der Waals surface area contributed by atoms with Crippen molar-refractivity contribution in [3.05, 3.63) is 29.7 Å². The van der Waals surface area contributed by atoms with Gasteiger partial charge in [0.05, 0.1) is 11.5 Å². The molecule has 0 amide bonds. The first kappa shape index (κ1) is 12.6. The predicted molar refractivity (Wildman–Crippen MR) is 72.8 cm³/mol. The molecule has 2 aromatic heterocycles. The van der Waals surface area contributed by atoms with Crippen LogP contribution in [-0.2, 0) is 16.3 Å². The van der Waals surface area contributed by atoms with Gasteiger partial charge < -0.3 is 0 Å². The van der Waals surface area contributed by atoms with Gasteiger partial charge in [0, 0.05) is 12.6 Å². The van der Waals surface area contributed by atoms with E-state index in [0.29, 0.717) is 17.4 Å². The van der Waals surface area contributed by atoms with E-state index in [9.17, 15) is 8.42 Å². The molecule has 0 atom stereocenters. The van der Waals surface area contributed by atoms with Gasteiger partial charge in [0.15, 0.2) is 11.5 Å². The van der Waals surface area contributed by atoms with E-state index in [0.717, 1.165) is 36.3 Å². The smallest absolute Gasteiger partial charge is 0.155 e. The summed E-state index contributed by atoms with van der Waals surface area (Å²) in [6.07, 6.45) is 4.20. The summed E-state index contributed by atoms with van der Waals surface area (Å²) < 4.78 is 24.6. The van der Waals surface area contributed by atoms with Crippen molar-refractivity contribution in [2.24, 2.45) is 5.92 Å². The van der Waals surface area contributed by atoms with E-state index in [4.69, 9.17) is 0 Å². The lowest BCUT2D eigenvalue weighted by molar-refractivity contribution is 0.454. The van der Waals surface area contributed by atoms with Crippen molar-refractivity contribution in [3.8, 4) is 0 Å². The predicted octanol–water partition coefficient (Wildman–Crippen LogP) is 1.41. The van der Waals surface area contributed by atoms with Gasteiger partial charge >= 0.3 is 0 Å².